The highest BCUT2D eigenvalue weighted by Crippen LogP contribution is 2.35. The molecule has 0 N–H and O–H groups in total. The van der Waals surface area contributed by atoms with E-state index in [1.54, 1.807) is 16.6 Å². The number of hydrogen-bond acceptors (Lipinski definition) is 5. The Labute approximate surface area is 167 Å². The lowest BCUT2D eigenvalue weighted by Crippen LogP contribution is -1.87. The Bertz CT molecular complexity index is 1340. The van der Waals surface area contributed by atoms with Crippen LogP contribution in [0.5, 0.6) is 0 Å². The summed E-state index contributed by atoms with van der Waals surface area (Å²) in [6, 6.07) is 12.1. The molecule has 3 heterocycles. The van der Waals surface area contributed by atoms with E-state index in [0.29, 0.717) is 5.02 Å². The average molecular weight is 410 g/mol. The summed E-state index contributed by atoms with van der Waals surface area (Å²) in [5.74, 6) is 0. The van der Waals surface area contributed by atoms with Crippen LogP contribution in [-0.4, -0.2) is 24.1 Å². The average Bonchev–Trinajstić information content (AvgIpc) is 3.33. The van der Waals surface area contributed by atoms with Crippen LogP contribution < -0.4 is 0 Å². The van der Waals surface area contributed by atoms with Gasteiger partial charge in [-0.05, 0) is 30.3 Å². The summed E-state index contributed by atoms with van der Waals surface area (Å²) < 4.78 is 3.79. The standard InChI is InChI=1S/C19H12ClN5O2S/c1-23-9-15(14-8-12(20)4-7-17(14)23)18-22-24-10-16(21-19(24)28-18)11-2-5-13(6-3-11)25(26)27/h2-10H,1H3. The number of nitro benzene ring substituents is 1. The van der Waals surface area contributed by atoms with Crippen molar-refractivity contribution in [3.8, 4) is 21.8 Å². The number of rotatable bonds is 3. The lowest BCUT2D eigenvalue weighted by molar-refractivity contribution is -0.384. The van der Waals surface area contributed by atoms with Crippen molar-refractivity contribution in [2.75, 3.05) is 0 Å². The maximum atomic E-state index is 10.8. The Kier molecular flexibility index (Phi) is 3.71. The number of benzene rings is 2. The van der Waals surface area contributed by atoms with Gasteiger partial charge in [0.2, 0.25) is 4.96 Å². The molecule has 28 heavy (non-hydrogen) atoms. The SMILES string of the molecule is Cn1cc(-c2nn3cc(-c4ccc([N+](=O)[O-])cc4)nc3s2)c2cc(Cl)ccc21. The fraction of sp³-hybridized carbons (Fsp3) is 0.0526. The molecule has 0 unspecified atom stereocenters. The van der Waals surface area contributed by atoms with Crippen molar-refractivity contribution in [3.05, 3.63) is 70.0 Å². The van der Waals surface area contributed by atoms with Gasteiger partial charge < -0.3 is 4.57 Å². The van der Waals surface area contributed by atoms with Crippen molar-refractivity contribution >= 4 is 44.5 Å². The van der Waals surface area contributed by atoms with Crippen molar-refractivity contribution in [2.24, 2.45) is 7.05 Å². The van der Waals surface area contributed by atoms with E-state index in [2.05, 4.69) is 10.1 Å². The molecule has 7 nitrogen and oxygen atoms in total. The Morgan fingerprint density at radius 1 is 1.14 bits per heavy atom. The molecule has 0 aliphatic heterocycles. The molecule has 3 aromatic heterocycles. The van der Waals surface area contributed by atoms with Crippen LogP contribution in [0.1, 0.15) is 0 Å². The summed E-state index contributed by atoms with van der Waals surface area (Å²) in [5.41, 5.74) is 3.67. The van der Waals surface area contributed by atoms with Crippen molar-refractivity contribution in [1.82, 2.24) is 19.2 Å². The van der Waals surface area contributed by atoms with E-state index in [9.17, 15) is 10.1 Å². The Balaban J connectivity index is 1.56. The highest BCUT2D eigenvalue weighted by molar-refractivity contribution is 7.20. The predicted octanol–water partition coefficient (Wildman–Crippen LogP) is 5.18. The second-order valence-electron chi connectivity index (χ2n) is 6.38. The molecule has 5 rings (SSSR count). The topological polar surface area (TPSA) is 78.3 Å². The van der Waals surface area contributed by atoms with Gasteiger partial charge in [-0.3, -0.25) is 10.1 Å². The molecule has 0 bridgehead atoms. The third-order valence-corrected chi connectivity index (χ3v) is 5.79. The minimum atomic E-state index is -0.417. The number of non-ortho nitro benzene ring substituents is 1. The number of aryl methyl sites for hydroxylation is 1. The van der Waals surface area contributed by atoms with Gasteiger partial charge in [0.15, 0.2) is 0 Å². The monoisotopic (exact) mass is 409 g/mol. The van der Waals surface area contributed by atoms with Crippen LogP contribution >= 0.6 is 22.9 Å². The molecular formula is C19H12ClN5O2S. The number of nitrogens with zero attached hydrogens (tertiary/aromatic N) is 5. The van der Waals surface area contributed by atoms with Crippen LogP contribution in [0.25, 0.3) is 37.7 Å². The van der Waals surface area contributed by atoms with Crippen molar-refractivity contribution in [1.29, 1.82) is 0 Å². The molecule has 0 fully saturated rings. The van der Waals surface area contributed by atoms with E-state index in [4.69, 9.17) is 11.6 Å². The molecule has 9 heteroatoms. The van der Waals surface area contributed by atoms with E-state index in [1.807, 2.05) is 42.2 Å². The Hall–Kier alpha value is -3.23. The molecule has 0 atom stereocenters. The van der Waals surface area contributed by atoms with E-state index in [1.165, 1.54) is 23.5 Å². The maximum absolute atomic E-state index is 10.8. The third-order valence-electron chi connectivity index (χ3n) is 4.60. The van der Waals surface area contributed by atoms with Gasteiger partial charge in [0, 0.05) is 52.4 Å². The molecule has 5 aromatic rings. The molecule has 0 aliphatic rings. The summed E-state index contributed by atoms with van der Waals surface area (Å²) >= 11 is 7.66. The van der Waals surface area contributed by atoms with Gasteiger partial charge in [-0.2, -0.15) is 5.10 Å². The highest BCUT2D eigenvalue weighted by atomic mass is 35.5. The number of halogens is 1. The first kappa shape index (κ1) is 16.9. The zero-order valence-electron chi connectivity index (χ0n) is 14.5. The lowest BCUT2D eigenvalue weighted by atomic mass is 10.1. The van der Waals surface area contributed by atoms with Gasteiger partial charge in [0.1, 0.15) is 5.01 Å². The van der Waals surface area contributed by atoms with Crippen molar-refractivity contribution in [2.45, 2.75) is 0 Å². The number of hydrogen-bond donors (Lipinski definition) is 0. The largest absolute Gasteiger partial charge is 0.350 e. The van der Waals surface area contributed by atoms with Gasteiger partial charge in [-0.25, -0.2) is 9.50 Å². The van der Waals surface area contributed by atoms with E-state index >= 15 is 0 Å². The second kappa shape index (κ2) is 6.15. The lowest BCUT2D eigenvalue weighted by Gasteiger charge is -1.96. The predicted molar refractivity (Wildman–Crippen MR) is 110 cm³/mol. The second-order valence-corrected chi connectivity index (χ2v) is 7.77. The molecule has 0 saturated heterocycles. The van der Waals surface area contributed by atoms with Crippen molar-refractivity contribution in [3.63, 3.8) is 0 Å². The third kappa shape index (κ3) is 2.65. The first-order valence-electron chi connectivity index (χ1n) is 8.35. The van der Waals surface area contributed by atoms with E-state index in [-0.39, 0.29) is 5.69 Å². The van der Waals surface area contributed by atoms with E-state index < -0.39 is 4.92 Å². The zero-order valence-corrected chi connectivity index (χ0v) is 16.1. The summed E-state index contributed by atoms with van der Waals surface area (Å²) in [5, 5.41) is 18.1. The molecule has 0 saturated carbocycles. The van der Waals surface area contributed by atoms with Crippen LogP contribution in [0.2, 0.25) is 5.02 Å². The Morgan fingerprint density at radius 3 is 2.64 bits per heavy atom. The first-order valence-corrected chi connectivity index (χ1v) is 9.55. The van der Waals surface area contributed by atoms with Crippen LogP contribution in [0.3, 0.4) is 0 Å². The molecule has 2 aromatic carbocycles. The molecule has 0 aliphatic carbocycles. The van der Waals surface area contributed by atoms with Crippen LogP contribution in [-0.2, 0) is 7.05 Å². The van der Waals surface area contributed by atoms with Gasteiger partial charge in [0.25, 0.3) is 5.69 Å². The van der Waals surface area contributed by atoms with Gasteiger partial charge >= 0.3 is 0 Å². The first-order chi connectivity index (χ1) is 13.5. The van der Waals surface area contributed by atoms with Crippen molar-refractivity contribution < 1.29 is 4.92 Å². The summed E-state index contributed by atoms with van der Waals surface area (Å²) in [6.07, 6.45) is 3.87. The molecule has 138 valence electrons. The normalized spacial score (nSPS) is 11.5. The minimum absolute atomic E-state index is 0.0554. The Morgan fingerprint density at radius 2 is 1.93 bits per heavy atom. The zero-order chi connectivity index (χ0) is 19.4. The molecule has 0 amide bonds. The van der Waals surface area contributed by atoms with Crippen LogP contribution in [0.15, 0.2) is 54.9 Å². The number of imidazole rings is 1. The number of nitro groups is 1. The number of aromatic nitrogens is 4. The number of fused-ring (bicyclic) bond motifs is 2. The summed E-state index contributed by atoms with van der Waals surface area (Å²) in [4.78, 5) is 15.8. The molecule has 0 radical (unpaired) electrons. The summed E-state index contributed by atoms with van der Waals surface area (Å²) in [6.45, 7) is 0. The van der Waals surface area contributed by atoms with Crippen LogP contribution in [0.4, 0.5) is 5.69 Å². The fourth-order valence-corrected chi connectivity index (χ4v) is 4.31. The summed E-state index contributed by atoms with van der Waals surface area (Å²) in [7, 11) is 1.99. The fourth-order valence-electron chi connectivity index (χ4n) is 3.24. The maximum Gasteiger partial charge on any atom is 0.269 e. The van der Waals surface area contributed by atoms with E-state index in [0.717, 1.165) is 37.7 Å². The smallest absolute Gasteiger partial charge is 0.269 e. The molecule has 0 spiro atoms. The molecular weight excluding hydrogens is 398 g/mol. The van der Waals surface area contributed by atoms with Gasteiger partial charge in [-0.15, -0.1) is 0 Å². The van der Waals surface area contributed by atoms with Gasteiger partial charge in [-0.1, -0.05) is 22.9 Å². The van der Waals surface area contributed by atoms with Gasteiger partial charge in [0.05, 0.1) is 16.8 Å². The quantitative estimate of drug-likeness (QED) is 0.304. The minimum Gasteiger partial charge on any atom is -0.350 e. The highest BCUT2D eigenvalue weighted by Gasteiger charge is 2.16. The van der Waals surface area contributed by atoms with Crippen LogP contribution in [0, 0.1) is 10.1 Å².